The second-order valence-electron chi connectivity index (χ2n) is 4.90. The van der Waals surface area contributed by atoms with Gasteiger partial charge in [0.25, 0.3) is 0 Å². The van der Waals surface area contributed by atoms with Crippen LogP contribution in [0.2, 0.25) is 0 Å². The van der Waals surface area contributed by atoms with Crippen molar-refractivity contribution in [3.63, 3.8) is 0 Å². The quantitative estimate of drug-likeness (QED) is 0.856. The van der Waals surface area contributed by atoms with Crippen LogP contribution in [0.5, 0.6) is 0 Å². The fourth-order valence-electron chi connectivity index (χ4n) is 2.13. The van der Waals surface area contributed by atoms with Crippen LogP contribution < -0.4 is 0 Å². The van der Waals surface area contributed by atoms with E-state index in [0.29, 0.717) is 19.7 Å². The lowest BCUT2D eigenvalue weighted by Crippen LogP contribution is -2.49. The molecule has 5 nitrogen and oxygen atoms in total. The molecule has 2 heterocycles. The van der Waals surface area contributed by atoms with E-state index >= 15 is 0 Å². The molecule has 1 saturated heterocycles. The topological polar surface area (TPSA) is 55.3 Å². The van der Waals surface area contributed by atoms with Crippen LogP contribution in [0.3, 0.4) is 0 Å². The van der Waals surface area contributed by atoms with Crippen molar-refractivity contribution in [1.29, 1.82) is 0 Å². The lowest BCUT2D eigenvalue weighted by molar-refractivity contribution is 0.0650. The molecule has 108 valence electrons. The molecular formula is C15H14BrN3O2. The van der Waals surface area contributed by atoms with Gasteiger partial charge >= 0.3 is 6.09 Å². The van der Waals surface area contributed by atoms with Crippen molar-refractivity contribution in [3.8, 4) is 0 Å². The number of rotatable bonds is 3. The number of hydrogen-bond donors (Lipinski definition) is 0. The number of ether oxygens (including phenoxy) is 1. The first-order valence-corrected chi connectivity index (χ1v) is 7.45. The molecule has 1 aromatic carbocycles. The van der Waals surface area contributed by atoms with Gasteiger partial charge in [0.15, 0.2) is 0 Å². The lowest BCUT2D eigenvalue weighted by atomic mass is 10.0. The molecule has 1 amide bonds. The molecule has 0 saturated carbocycles. The van der Waals surface area contributed by atoms with Gasteiger partial charge in [0, 0.05) is 25.5 Å². The van der Waals surface area contributed by atoms with E-state index in [2.05, 4.69) is 25.9 Å². The zero-order valence-electron chi connectivity index (χ0n) is 11.3. The molecule has 0 atom stereocenters. The standard InChI is InChI=1S/C15H14BrN3O2/c16-13-6-17-14(18-7-13)12-8-19(9-12)15(20)21-10-11-4-2-1-3-5-11/h1-7,12H,8-10H2. The molecule has 1 aliphatic rings. The molecule has 2 aromatic rings. The van der Waals surface area contributed by atoms with Crippen molar-refractivity contribution in [2.75, 3.05) is 13.1 Å². The Morgan fingerprint density at radius 1 is 1.24 bits per heavy atom. The number of amides is 1. The van der Waals surface area contributed by atoms with Gasteiger partial charge in [-0.3, -0.25) is 0 Å². The minimum atomic E-state index is -0.285. The Morgan fingerprint density at radius 2 is 1.90 bits per heavy atom. The third-order valence-electron chi connectivity index (χ3n) is 3.35. The van der Waals surface area contributed by atoms with E-state index in [1.165, 1.54) is 0 Å². The Hall–Kier alpha value is -1.95. The van der Waals surface area contributed by atoms with E-state index in [1.807, 2.05) is 30.3 Å². The minimum Gasteiger partial charge on any atom is -0.445 e. The summed E-state index contributed by atoms with van der Waals surface area (Å²) in [5, 5.41) is 0. The number of carbonyl (C=O) groups is 1. The minimum absolute atomic E-state index is 0.197. The van der Waals surface area contributed by atoms with Gasteiger partial charge in [-0.1, -0.05) is 30.3 Å². The molecule has 1 fully saturated rings. The van der Waals surface area contributed by atoms with Gasteiger partial charge in [-0.05, 0) is 21.5 Å². The summed E-state index contributed by atoms with van der Waals surface area (Å²) in [5.41, 5.74) is 0.985. The summed E-state index contributed by atoms with van der Waals surface area (Å²) in [4.78, 5) is 22.1. The highest BCUT2D eigenvalue weighted by molar-refractivity contribution is 9.10. The third-order valence-corrected chi connectivity index (χ3v) is 3.76. The van der Waals surface area contributed by atoms with Gasteiger partial charge in [-0.15, -0.1) is 0 Å². The zero-order chi connectivity index (χ0) is 14.7. The number of likely N-dealkylation sites (tertiary alicyclic amines) is 1. The van der Waals surface area contributed by atoms with Gasteiger partial charge in [0.2, 0.25) is 0 Å². The highest BCUT2D eigenvalue weighted by Gasteiger charge is 2.34. The predicted octanol–water partition coefficient (Wildman–Crippen LogP) is 2.98. The summed E-state index contributed by atoms with van der Waals surface area (Å²) in [6, 6.07) is 9.65. The summed E-state index contributed by atoms with van der Waals surface area (Å²) >= 11 is 3.30. The van der Waals surface area contributed by atoms with Gasteiger partial charge in [0.05, 0.1) is 10.4 Å². The number of carbonyl (C=O) groups excluding carboxylic acids is 1. The Labute approximate surface area is 131 Å². The highest BCUT2D eigenvalue weighted by atomic mass is 79.9. The second-order valence-corrected chi connectivity index (χ2v) is 5.82. The van der Waals surface area contributed by atoms with Crippen LogP contribution in [-0.2, 0) is 11.3 Å². The van der Waals surface area contributed by atoms with Gasteiger partial charge in [-0.25, -0.2) is 14.8 Å². The van der Waals surface area contributed by atoms with Crippen LogP contribution in [0.25, 0.3) is 0 Å². The normalized spacial score (nSPS) is 14.6. The van der Waals surface area contributed by atoms with Crippen LogP contribution in [-0.4, -0.2) is 34.1 Å². The molecule has 21 heavy (non-hydrogen) atoms. The van der Waals surface area contributed by atoms with Crippen LogP contribution >= 0.6 is 15.9 Å². The first-order chi connectivity index (χ1) is 10.2. The number of aromatic nitrogens is 2. The average molecular weight is 348 g/mol. The van der Waals surface area contributed by atoms with E-state index < -0.39 is 0 Å². The maximum Gasteiger partial charge on any atom is 0.410 e. The molecule has 3 rings (SSSR count). The van der Waals surface area contributed by atoms with Crippen molar-refractivity contribution in [3.05, 3.63) is 58.6 Å². The molecular weight excluding hydrogens is 334 g/mol. The average Bonchev–Trinajstić information content (AvgIpc) is 2.47. The van der Waals surface area contributed by atoms with Gasteiger partial charge in [0.1, 0.15) is 12.4 Å². The van der Waals surface area contributed by atoms with Crippen LogP contribution in [0.15, 0.2) is 47.2 Å². The highest BCUT2D eigenvalue weighted by Crippen LogP contribution is 2.25. The summed E-state index contributed by atoms with van der Waals surface area (Å²) in [5.74, 6) is 0.965. The zero-order valence-corrected chi connectivity index (χ0v) is 12.9. The van der Waals surface area contributed by atoms with Crippen molar-refractivity contribution in [1.82, 2.24) is 14.9 Å². The van der Waals surface area contributed by atoms with Gasteiger partial charge in [-0.2, -0.15) is 0 Å². The lowest BCUT2D eigenvalue weighted by Gasteiger charge is -2.37. The fraction of sp³-hybridized carbons (Fsp3) is 0.267. The number of benzene rings is 1. The molecule has 1 aliphatic heterocycles. The van der Waals surface area contributed by atoms with E-state index in [-0.39, 0.29) is 12.0 Å². The first-order valence-electron chi connectivity index (χ1n) is 6.65. The molecule has 0 radical (unpaired) electrons. The van der Waals surface area contributed by atoms with Crippen LogP contribution in [0.1, 0.15) is 17.3 Å². The predicted molar refractivity (Wildman–Crippen MR) is 80.7 cm³/mol. The Balaban J connectivity index is 1.47. The monoisotopic (exact) mass is 347 g/mol. The first kappa shape index (κ1) is 14.0. The molecule has 1 aromatic heterocycles. The summed E-state index contributed by atoms with van der Waals surface area (Å²) in [6.07, 6.45) is 3.16. The number of nitrogens with zero attached hydrogens (tertiary/aromatic N) is 3. The largest absolute Gasteiger partial charge is 0.445 e. The van der Waals surface area contributed by atoms with Gasteiger partial charge < -0.3 is 9.64 Å². The molecule has 0 N–H and O–H groups in total. The van der Waals surface area contributed by atoms with Crippen LogP contribution in [0.4, 0.5) is 4.79 Å². The molecule has 6 heteroatoms. The molecule has 0 spiro atoms. The maximum atomic E-state index is 11.9. The van der Waals surface area contributed by atoms with E-state index in [9.17, 15) is 4.79 Å². The third kappa shape index (κ3) is 3.39. The number of halogens is 1. The maximum absolute atomic E-state index is 11.9. The van der Waals surface area contributed by atoms with E-state index in [1.54, 1.807) is 17.3 Å². The molecule has 0 unspecified atom stereocenters. The van der Waals surface area contributed by atoms with Crippen molar-refractivity contribution < 1.29 is 9.53 Å². The second kappa shape index (κ2) is 6.22. The van der Waals surface area contributed by atoms with E-state index in [0.717, 1.165) is 15.9 Å². The number of hydrogen-bond acceptors (Lipinski definition) is 4. The van der Waals surface area contributed by atoms with Crippen LogP contribution in [0, 0.1) is 0 Å². The Kier molecular flexibility index (Phi) is 4.15. The Bertz CT molecular complexity index is 613. The smallest absolute Gasteiger partial charge is 0.410 e. The summed E-state index contributed by atoms with van der Waals surface area (Å²) in [6.45, 7) is 1.51. The molecule has 0 aliphatic carbocycles. The SMILES string of the molecule is O=C(OCc1ccccc1)N1CC(c2ncc(Br)cn2)C1. The fourth-order valence-corrected chi connectivity index (χ4v) is 2.34. The Morgan fingerprint density at radius 3 is 2.57 bits per heavy atom. The van der Waals surface area contributed by atoms with Crippen molar-refractivity contribution in [2.45, 2.75) is 12.5 Å². The summed E-state index contributed by atoms with van der Waals surface area (Å²) in [7, 11) is 0. The van der Waals surface area contributed by atoms with Crippen molar-refractivity contribution in [2.24, 2.45) is 0 Å². The molecule has 0 bridgehead atoms. The van der Waals surface area contributed by atoms with Crippen molar-refractivity contribution >= 4 is 22.0 Å². The van der Waals surface area contributed by atoms with E-state index in [4.69, 9.17) is 4.74 Å². The summed E-state index contributed by atoms with van der Waals surface area (Å²) < 4.78 is 6.13.